The molecule has 0 saturated heterocycles. The minimum absolute atomic E-state index is 0. The molecule has 0 aliphatic heterocycles. The normalized spacial score (nSPS) is 13.7. The first kappa shape index (κ1) is 33.7. The first-order valence-corrected chi connectivity index (χ1v) is 14.0. The van der Waals surface area contributed by atoms with E-state index in [1.165, 1.54) is 70.6 Å². The summed E-state index contributed by atoms with van der Waals surface area (Å²) in [6.45, 7) is 4.42. The zero-order valence-corrected chi connectivity index (χ0v) is 24.3. The largest absolute Gasteiger partial charge is 1.00 e. The second kappa shape index (κ2) is 23.7. The number of unbranched alkanes of at least 4 members (excludes halogenated alkanes) is 13. The van der Waals surface area contributed by atoms with Crippen LogP contribution in [0.15, 0.2) is 0 Å². The molecule has 176 valence electrons. The molecule has 4 nitrogen and oxygen atoms in total. The van der Waals surface area contributed by atoms with Gasteiger partial charge in [0.05, 0.1) is 16.2 Å². The van der Waals surface area contributed by atoms with Crippen molar-refractivity contribution in [1.29, 1.82) is 0 Å². The van der Waals surface area contributed by atoms with Gasteiger partial charge >= 0.3 is 51.4 Å². The third kappa shape index (κ3) is 22.7. The monoisotopic (exact) mass is 472 g/mol. The van der Waals surface area contributed by atoms with E-state index in [-0.39, 0.29) is 57.5 Å². The third-order valence-corrected chi connectivity index (χ3v) is 7.28. The summed E-state index contributed by atoms with van der Waals surface area (Å²) >= 11 is 0. The maximum Gasteiger partial charge on any atom is 1.00 e. The Balaban J connectivity index is 0. The van der Waals surface area contributed by atoms with Gasteiger partial charge in [-0.2, -0.15) is 0 Å². The molecule has 0 aromatic carbocycles. The summed E-state index contributed by atoms with van der Waals surface area (Å²) in [6, 6.07) is 0. The van der Waals surface area contributed by atoms with Crippen molar-refractivity contribution in [2.75, 3.05) is 0 Å². The number of aliphatic hydroxyl groups excluding tert-OH is 1. The molecule has 0 heterocycles. The summed E-state index contributed by atoms with van der Waals surface area (Å²) in [4.78, 5) is 0. The smallest absolute Gasteiger partial charge is 0.748 e. The number of hydrogen-bond donors (Lipinski definition) is 1. The van der Waals surface area contributed by atoms with Crippen LogP contribution >= 0.6 is 0 Å². The molecule has 6 heteroatoms. The standard InChI is InChI=1S/C24H50O4S.K/c1-3-5-7-9-11-13-14-16-19-23(25)20-18-22-24(29(26,27)28)21-17-15-12-10-8-6-4-2;/h23-25H,3-22H2,1-2H3,(H,26,27,28);/q;+1/p-1. The zero-order chi connectivity index (χ0) is 21.8. The van der Waals surface area contributed by atoms with Crippen molar-refractivity contribution in [1.82, 2.24) is 0 Å². The van der Waals surface area contributed by atoms with Crippen LogP contribution in [0.4, 0.5) is 0 Å². The average molecular weight is 473 g/mol. The first-order chi connectivity index (χ1) is 13.9. The molecule has 0 aliphatic rings. The predicted molar refractivity (Wildman–Crippen MR) is 123 cm³/mol. The van der Waals surface area contributed by atoms with E-state index < -0.39 is 15.4 Å². The van der Waals surface area contributed by atoms with Crippen LogP contribution in [0, 0.1) is 0 Å². The minimum Gasteiger partial charge on any atom is -0.748 e. The maximum absolute atomic E-state index is 11.5. The fourth-order valence-corrected chi connectivity index (χ4v) is 4.91. The molecule has 0 saturated carbocycles. The Morgan fingerprint density at radius 1 is 0.600 bits per heavy atom. The van der Waals surface area contributed by atoms with Crippen molar-refractivity contribution in [2.45, 2.75) is 154 Å². The molecular formula is C24H49KO4S. The maximum atomic E-state index is 11.5. The fourth-order valence-electron chi connectivity index (χ4n) is 4.00. The Morgan fingerprint density at radius 3 is 1.37 bits per heavy atom. The first-order valence-electron chi connectivity index (χ1n) is 12.5. The second-order valence-electron chi connectivity index (χ2n) is 8.87. The number of aliphatic hydroxyl groups is 1. The average Bonchev–Trinajstić information content (AvgIpc) is 2.67. The van der Waals surface area contributed by atoms with Crippen LogP contribution in [0.25, 0.3) is 0 Å². The second-order valence-corrected chi connectivity index (χ2v) is 10.5. The van der Waals surface area contributed by atoms with Crippen molar-refractivity contribution in [2.24, 2.45) is 0 Å². The van der Waals surface area contributed by atoms with Crippen molar-refractivity contribution >= 4 is 10.1 Å². The minimum atomic E-state index is -4.23. The summed E-state index contributed by atoms with van der Waals surface area (Å²) in [5, 5.41) is 9.36. The van der Waals surface area contributed by atoms with Gasteiger partial charge in [0.2, 0.25) is 0 Å². The van der Waals surface area contributed by atoms with E-state index in [2.05, 4.69) is 13.8 Å². The molecule has 0 aromatic rings. The predicted octanol–water partition coefficient (Wildman–Crippen LogP) is 4.11. The van der Waals surface area contributed by atoms with Gasteiger partial charge in [0, 0.05) is 5.25 Å². The molecule has 0 fully saturated rings. The van der Waals surface area contributed by atoms with Crippen LogP contribution in [0.1, 0.15) is 142 Å². The van der Waals surface area contributed by atoms with Gasteiger partial charge in [-0.1, -0.05) is 110 Å². The molecule has 2 unspecified atom stereocenters. The van der Waals surface area contributed by atoms with Gasteiger partial charge in [-0.25, -0.2) is 8.42 Å². The van der Waals surface area contributed by atoms with E-state index in [1.807, 2.05) is 0 Å². The SMILES string of the molecule is CCCCCCCCCCC(O)CCCC(CCCCCCCCC)S(=O)(=O)[O-].[K+]. The Morgan fingerprint density at radius 2 is 0.933 bits per heavy atom. The van der Waals surface area contributed by atoms with Crippen molar-refractivity contribution in [3.8, 4) is 0 Å². The number of rotatable bonds is 22. The Labute approximate surface area is 230 Å². The van der Waals surface area contributed by atoms with E-state index >= 15 is 0 Å². The summed E-state index contributed by atoms with van der Waals surface area (Å²) in [6.07, 6.45) is 20.4. The summed E-state index contributed by atoms with van der Waals surface area (Å²) in [7, 11) is -4.23. The van der Waals surface area contributed by atoms with Crippen LogP contribution in [0.2, 0.25) is 0 Å². The van der Waals surface area contributed by atoms with Crippen LogP contribution in [0.3, 0.4) is 0 Å². The Hall–Kier alpha value is 1.51. The van der Waals surface area contributed by atoms with Crippen LogP contribution in [-0.4, -0.2) is 29.4 Å². The third-order valence-electron chi connectivity index (χ3n) is 5.99. The molecule has 0 bridgehead atoms. The molecule has 0 radical (unpaired) electrons. The van der Waals surface area contributed by atoms with Gasteiger partial charge in [-0.3, -0.25) is 0 Å². The topological polar surface area (TPSA) is 77.4 Å². The van der Waals surface area contributed by atoms with Crippen molar-refractivity contribution < 1.29 is 69.5 Å². The fraction of sp³-hybridized carbons (Fsp3) is 1.00. The van der Waals surface area contributed by atoms with Gasteiger partial charge in [-0.05, 0) is 32.1 Å². The van der Waals surface area contributed by atoms with Crippen molar-refractivity contribution in [3.05, 3.63) is 0 Å². The van der Waals surface area contributed by atoms with Crippen LogP contribution < -0.4 is 51.4 Å². The zero-order valence-electron chi connectivity index (χ0n) is 20.4. The summed E-state index contributed by atoms with van der Waals surface area (Å²) in [5.74, 6) is 0. The molecule has 1 N–H and O–H groups in total. The molecule has 2 atom stereocenters. The Bertz CT molecular complexity index is 442. The van der Waals surface area contributed by atoms with Gasteiger partial charge in [0.1, 0.15) is 0 Å². The molecule has 0 aromatic heterocycles. The molecule has 0 spiro atoms. The van der Waals surface area contributed by atoms with E-state index in [1.54, 1.807) is 0 Å². The molecule has 0 aliphatic carbocycles. The van der Waals surface area contributed by atoms with E-state index in [0.717, 1.165) is 32.1 Å². The van der Waals surface area contributed by atoms with Crippen molar-refractivity contribution in [3.63, 3.8) is 0 Å². The molecule has 30 heavy (non-hydrogen) atoms. The van der Waals surface area contributed by atoms with Gasteiger partial charge in [0.25, 0.3) is 0 Å². The van der Waals surface area contributed by atoms with Gasteiger partial charge in [-0.15, -0.1) is 0 Å². The van der Waals surface area contributed by atoms with E-state index in [4.69, 9.17) is 0 Å². The Kier molecular flexibility index (Phi) is 26.6. The van der Waals surface area contributed by atoms with Gasteiger partial charge < -0.3 is 9.66 Å². The molecular weight excluding hydrogens is 423 g/mol. The van der Waals surface area contributed by atoms with E-state index in [9.17, 15) is 18.1 Å². The van der Waals surface area contributed by atoms with Gasteiger partial charge in [0.15, 0.2) is 0 Å². The molecule has 0 rings (SSSR count). The summed E-state index contributed by atoms with van der Waals surface area (Å²) in [5.41, 5.74) is 0. The van der Waals surface area contributed by atoms with E-state index in [0.29, 0.717) is 25.7 Å². The number of hydrogen-bond acceptors (Lipinski definition) is 4. The van der Waals surface area contributed by atoms with Crippen LogP contribution in [0.5, 0.6) is 0 Å². The van der Waals surface area contributed by atoms with Crippen LogP contribution in [-0.2, 0) is 10.1 Å². The summed E-state index contributed by atoms with van der Waals surface area (Å²) < 4.78 is 34.6. The molecule has 0 amide bonds. The quantitative estimate of drug-likeness (QED) is 0.146.